The van der Waals surface area contributed by atoms with Crippen LogP contribution in [0.5, 0.6) is 0 Å². The largest absolute Gasteiger partial charge is 0.337 e. The topological polar surface area (TPSA) is 66.9 Å². The lowest BCUT2D eigenvalue weighted by Gasteiger charge is -2.14. The van der Waals surface area contributed by atoms with Gasteiger partial charge in [0.15, 0.2) is 11.6 Å². The predicted octanol–water partition coefficient (Wildman–Crippen LogP) is 6.29. The maximum atomic E-state index is 12.7. The zero-order valence-electron chi connectivity index (χ0n) is 17.8. The zero-order chi connectivity index (χ0) is 22.3. The maximum absolute atomic E-state index is 12.7. The van der Waals surface area contributed by atoms with Gasteiger partial charge < -0.3 is 5.32 Å². The van der Waals surface area contributed by atoms with Crippen LogP contribution in [0.2, 0.25) is 0 Å². The molecule has 1 heterocycles. The van der Waals surface area contributed by atoms with Crippen molar-refractivity contribution in [3.05, 3.63) is 103 Å². The lowest BCUT2D eigenvalue weighted by atomic mass is 10.1. The number of hydrogen-bond acceptors (Lipinski definition) is 4. The molecule has 0 saturated heterocycles. The number of fused-ring (bicyclic) bond motifs is 2. The average Bonchev–Trinajstić information content (AvgIpc) is 2.80. The third-order valence-electron chi connectivity index (χ3n) is 4.83. The molecule has 0 bridgehead atoms. The summed E-state index contributed by atoms with van der Waals surface area (Å²) in [6.07, 6.45) is 7.41. The van der Waals surface area contributed by atoms with Crippen LogP contribution >= 0.6 is 0 Å². The second-order valence-electron chi connectivity index (χ2n) is 7.22. The monoisotopic (exact) mass is 440 g/mol. The van der Waals surface area contributed by atoms with E-state index in [1.54, 1.807) is 6.08 Å². The summed E-state index contributed by atoms with van der Waals surface area (Å²) in [6.45, 7) is 5.65. The van der Waals surface area contributed by atoms with Crippen molar-refractivity contribution in [1.29, 1.82) is 0 Å². The number of benzene rings is 3. The van der Waals surface area contributed by atoms with E-state index in [9.17, 15) is 4.21 Å². The van der Waals surface area contributed by atoms with E-state index in [2.05, 4.69) is 39.8 Å². The molecular weight excluding hydrogens is 416 g/mol. The highest BCUT2D eigenvalue weighted by Crippen LogP contribution is 2.29. The van der Waals surface area contributed by atoms with Gasteiger partial charge in [-0.25, -0.2) is 14.2 Å². The molecule has 0 amide bonds. The highest BCUT2D eigenvalue weighted by atomic mass is 32.2. The Labute approximate surface area is 190 Å². The molecule has 0 radical (unpaired) electrons. The Morgan fingerprint density at radius 3 is 2.44 bits per heavy atom. The molecule has 1 atom stereocenters. The molecule has 0 fully saturated rings. The summed E-state index contributed by atoms with van der Waals surface area (Å²) in [4.78, 5) is 9.44. The highest BCUT2D eigenvalue weighted by Gasteiger charge is 2.12. The van der Waals surface area contributed by atoms with Crippen molar-refractivity contribution in [3.8, 4) is 0 Å². The zero-order valence-corrected chi connectivity index (χ0v) is 18.6. The van der Waals surface area contributed by atoms with Crippen molar-refractivity contribution < 1.29 is 4.21 Å². The lowest BCUT2D eigenvalue weighted by molar-refractivity contribution is 0.688. The van der Waals surface area contributed by atoms with E-state index < -0.39 is 11.0 Å². The second kappa shape index (κ2) is 10.0. The van der Waals surface area contributed by atoms with E-state index >= 15 is 0 Å². The third-order valence-corrected chi connectivity index (χ3v) is 5.75. The van der Waals surface area contributed by atoms with Crippen LogP contribution in [0.15, 0.2) is 103 Å². The molecule has 2 N–H and O–H groups in total. The van der Waals surface area contributed by atoms with Gasteiger partial charge in [0.1, 0.15) is 11.0 Å². The summed E-state index contributed by atoms with van der Waals surface area (Å²) >= 11 is 0. The van der Waals surface area contributed by atoms with Crippen LogP contribution in [0.3, 0.4) is 0 Å². The van der Waals surface area contributed by atoms with Gasteiger partial charge in [0.05, 0.1) is 16.8 Å². The Morgan fingerprint density at radius 2 is 1.66 bits per heavy atom. The number of anilines is 3. The molecule has 0 saturated carbocycles. The minimum Gasteiger partial charge on any atom is -0.337 e. The van der Waals surface area contributed by atoms with Gasteiger partial charge in [-0.1, -0.05) is 85.0 Å². The molecule has 0 spiro atoms. The highest BCUT2D eigenvalue weighted by molar-refractivity contribution is 7.86. The van der Waals surface area contributed by atoms with Crippen molar-refractivity contribution in [1.82, 2.24) is 9.97 Å². The van der Waals surface area contributed by atoms with E-state index in [4.69, 9.17) is 4.98 Å². The van der Waals surface area contributed by atoms with Crippen LogP contribution in [0.1, 0.15) is 6.92 Å². The van der Waals surface area contributed by atoms with Crippen molar-refractivity contribution in [2.45, 2.75) is 6.92 Å². The Morgan fingerprint density at radius 1 is 0.969 bits per heavy atom. The van der Waals surface area contributed by atoms with Gasteiger partial charge in [-0.2, -0.15) is 0 Å². The molecule has 5 nitrogen and oxygen atoms in total. The number of hydrogen-bond donors (Lipinski definition) is 2. The molecule has 1 unspecified atom stereocenters. The van der Waals surface area contributed by atoms with Crippen LogP contribution < -0.4 is 10.0 Å². The fourth-order valence-corrected chi connectivity index (χ4v) is 4.04. The van der Waals surface area contributed by atoms with Gasteiger partial charge in [0, 0.05) is 11.1 Å². The SMILES string of the molecule is C=C/C=C(C)\C=C/CS(=O)Nc1nc2ccccc2nc1Nc1cccc2ccccc12. The summed E-state index contributed by atoms with van der Waals surface area (Å²) in [5.74, 6) is 1.31. The standard InChI is InChI=1S/C26H24N4OS/c1-3-10-19(2)11-9-18-32(31)30-26-25(28-23-15-6-7-16-24(23)29-26)27-22-17-8-13-20-12-4-5-14-21(20)22/h3-17H,1,18H2,2H3,(H,27,28)(H,29,30)/b11-9-,19-10-. The molecule has 160 valence electrons. The number of rotatable bonds is 8. The van der Waals surface area contributed by atoms with Crippen LogP contribution in [0.4, 0.5) is 17.3 Å². The van der Waals surface area contributed by atoms with Gasteiger partial charge in [-0.3, -0.25) is 4.72 Å². The number of aromatic nitrogens is 2. The molecule has 32 heavy (non-hydrogen) atoms. The Bertz CT molecular complexity index is 1360. The van der Waals surface area contributed by atoms with Crippen LogP contribution in [-0.2, 0) is 11.0 Å². The first-order valence-electron chi connectivity index (χ1n) is 10.3. The maximum Gasteiger partial charge on any atom is 0.182 e. The molecule has 1 aromatic heterocycles. The normalized spacial score (nSPS) is 12.8. The molecule has 6 heteroatoms. The number of allylic oxidation sites excluding steroid dienone is 4. The third kappa shape index (κ3) is 5.10. The minimum absolute atomic E-state index is 0.338. The van der Waals surface area contributed by atoms with Crippen LogP contribution in [-0.4, -0.2) is 19.9 Å². The lowest BCUT2D eigenvalue weighted by Crippen LogP contribution is -2.11. The molecule has 3 aromatic carbocycles. The Balaban J connectivity index is 1.65. The van der Waals surface area contributed by atoms with Gasteiger partial charge >= 0.3 is 0 Å². The predicted molar refractivity (Wildman–Crippen MR) is 136 cm³/mol. The molecule has 4 aromatic rings. The fraction of sp³-hybridized carbons (Fsp3) is 0.0769. The molecule has 4 rings (SSSR count). The van der Waals surface area contributed by atoms with Crippen molar-refractivity contribution in [2.75, 3.05) is 15.8 Å². The summed E-state index contributed by atoms with van der Waals surface area (Å²) in [5, 5.41) is 5.59. The van der Waals surface area contributed by atoms with Crippen molar-refractivity contribution in [3.63, 3.8) is 0 Å². The van der Waals surface area contributed by atoms with Gasteiger partial charge in [-0.05, 0) is 30.5 Å². The quantitative estimate of drug-likeness (QED) is 0.316. The van der Waals surface area contributed by atoms with Crippen molar-refractivity contribution >= 4 is 50.1 Å². The Hall–Kier alpha value is -3.77. The molecule has 0 aliphatic rings. The van der Waals surface area contributed by atoms with E-state index in [-0.39, 0.29) is 0 Å². The summed E-state index contributed by atoms with van der Waals surface area (Å²) in [6, 6.07) is 21.8. The number of nitrogens with zero attached hydrogens (tertiary/aromatic N) is 2. The minimum atomic E-state index is -1.36. The summed E-state index contributed by atoms with van der Waals surface area (Å²) in [5.41, 5.74) is 3.44. The summed E-state index contributed by atoms with van der Waals surface area (Å²) in [7, 11) is -1.36. The first-order valence-corrected chi connectivity index (χ1v) is 11.6. The molecule has 0 aliphatic carbocycles. The van der Waals surface area contributed by atoms with Gasteiger partial charge in [0.2, 0.25) is 0 Å². The van der Waals surface area contributed by atoms with Crippen molar-refractivity contribution in [2.24, 2.45) is 0 Å². The first-order chi connectivity index (χ1) is 15.6. The smallest absolute Gasteiger partial charge is 0.182 e. The van der Waals surface area contributed by atoms with E-state index in [1.807, 2.05) is 73.7 Å². The van der Waals surface area contributed by atoms with Gasteiger partial charge in [-0.15, -0.1) is 0 Å². The first kappa shape index (κ1) is 21.5. The number of nitrogens with one attached hydrogen (secondary N) is 2. The second-order valence-corrected chi connectivity index (χ2v) is 8.45. The van der Waals surface area contributed by atoms with Gasteiger partial charge in [0.25, 0.3) is 0 Å². The average molecular weight is 441 g/mol. The van der Waals surface area contributed by atoms with Crippen LogP contribution in [0, 0.1) is 0 Å². The Kier molecular flexibility index (Phi) is 6.72. The van der Waals surface area contributed by atoms with E-state index in [1.165, 1.54) is 0 Å². The molecule has 0 aliphatic heterocycles. The number of para-hydroxylation sites is 2. The summed E-state index contributed by atoms with van der Waals surface area (Å²) < 4.78 is 15.7. The van der Waals surface area contributed by atoms with E-state index in [0.717, 1.165) is 33.1 Å². The molecular formula is C26H24N4OS. The van der Waals surface area contributed by atoms with Crippen LogP contribution in [0.25, 0.3) is 21.8 Å². The fourth-order valence-electron chi connectivity index (χ4n) is 3.33. The van der Waals surface area contributed by atoms with E-state index in [0.29, 0.717) is 17.4 Å².